The van der Waals surface area contributed by atoms with Crippen LogP contribution in [0.4, 0.5) is 5.69 Å². The zero-order valence-corrected chi connectivity index (χ0v) is 13.8. The second-order valence-electron chi connectivity index (χ2n) is 5.93. The largest absolute Gasteiger partial charge is 0.871 e. The van der Waals surface area contributed by atoms with Crippen LogP contribution in [0.25, 0.3) is 21.9 Å². The highest BCUT2D eigenvalue weighted by atomic mass is 16.4. The number of aliphatic carboxylic acids is 1. The molecule has 0 spiro atoms. The molecule has 0 aliphatic rings. The number of carbonyl (C=O) groups is 2. The minimum atomic E-state index is -1.08. The predicted molar refractivity (Wildman–Crippen MR) is 93.1 cm³/mol. The molecule has 0 saturated carbocycles. The van der Waals surface area contributed by atoms with Crippen LogP contribution in [0.1, 0.15) is 12.8 Å². The van der Waals surface area contributed by atoms with Gasteiger partial charge in [0.1, 0.15) is 17.5 Å². The fourth-order valence-electron chi connectivity index (χ4n) is 2.67. The Morgan fingerprint density at radius 3 is 2.44 bits per heavy atom. The van der Waals surface area contributed by atoms with Crippen LogP contribution < -0.4 is 15.9 Å². The zero-order valence-electron chi connectivity index (χ0n) is 13.8. The lowest BCUT2D eigenvalue weighted by Gasteiger charge is -2.20. The number of carboxylic acids is 1. The van der Waals surface area contributed by atoms with Crippen molar-refractivity contribution < 1.29 is 34.4 Å². The molecule has 3 aromatic rings. The van der Waals surface area contributed by atoms with E-state index in [1.165, 1.54) is 6.07 Å². The third kappa shape index (κ3) is 3.47. The number of anilines is 1. The number of benzene rings is 2. The normalized spacial score (nSPS) is 12.1. The molecule has 3 rings (SSSR count). The topological polar surface area (TPSA) is 160 Å². The molecule has 140 valence electrons. The number of phenols is 2. The van der Waals surface area contributed by atoms with E-state index in [0.717, 1.165) is 18.2 Å². The van der Waals surface area contributed by atoms with Crippen molar-refractivity contribution in [2.75, 3.05) is 5.32 Å². The molecule has 0 aliphatic carbocycles. The molecule has 1 aromatic heterocycles. The summed E-state index contributed by atoms with van der Waals surface area (Å²) in [6.45, 7) is 0. The lowest BCUT2D eigenvalue weighted by atomic mass is 10.1. The second-order valence-corrected chi connectivity index (χ2v) is 5.93. The molecule has 27 heavy (non-hydrogen) atoms. The molecule has 9 heteroatoms. The van der Waals surface area contributed by atoms with Crippen molar-refractivity contribution in [2.45, 2.75) is 18.9 Å². The molecule has 0 saturated heterocycles. The van der Waals surface area contributed by atoms with E-state index in [2.05, 4.69) is 5.32 Å². The van der Waals surface area contributed by atoms with Gasteiger partial charge in [-0.1, -0.05) is 5.75 Å². The van der Waals surface area contributed by atoms with Crippen molar-refractivity contribution in [3.8, 4) is 17.2 Å². The number of phenolic OH excluding ortho intramolecular Hbond substituents is 2. The standard InChI is InChI=1S/C18H15NO8/c20-7-8(1-2-17(24)25)19-11-3-9-15(5-12(11)21)27-16-6-14(23)13(22)4-10(16)18(9)26/h3-8,19,21-23H,1-2H2,(H,24,25)/p-1/t8-/m1/s1. The van der Waals surface area contributed by atoms with E-state index in [0.29, 0.717) is 6.29 Å². The van der Waals surface area contributed by atoms with Crippen LogP contribution in [0.5, 0.6) is 17.2 Å². The second kappa shape index (κ2) is 6.87. The molecule has 0 unspecified atom stereocenters. The smallest absolute Gasteiger partial charge is 0.303 e. The molecule has 4 N–H and O–H groups in total. The van der Waals surface area contributed by atoms with Gasteiger partial charge >= 0.3 is 5.97 Å². The summed E-state index contributed by atoms with van der Waals surface area (Å²) in [6, 6.07) is 3.47. The molecule has 0 aliphatic heterocycles. The number of hydrogen-bond acceptors (Lipinski definition) is 8. The van der Waals surface area contributed by atoms with Gasteiger partial charge in [0.15, 0.2) is 11.5 Å². The Bertz CT molecular complexity index is 1120. The monoisotopic (exact) mass is 372 g/mol. The van der Waals surface area contributed by atoms with Crippen LogP contribution >= 0.6 is 0 Å². The summed E-state index contributed by atoms with van der Waals surface area (Å²) >= 11 is 0. The molecule has 0 amide bonds. The average molecular weight is 372 g/mol. The van der Waals surface area contributed by atoms with Gasteiger partial charge in [0, 0.05) is 18.2 Å². The summed E-state index contributed by atoms with van der Waals surface area (Å²) in [6.07, 6.45) is 0.180. The number of aldehydes is 1. The summed E-state index contributed by atoms with van der Waals surface area (Å²) in [7, 11) is 0. The van der Waals surface area contributed by atoms with Crippen LogP contribution in [0.15, 0.2) is 33.5 Å². The molecule has 0 fully saturated rings. The van der Waals surface area contributed by atoms with Gasteiger partial charge < -0.3 is 35.0 Å². The summed E-state index contributed by atoms with van der Waals surface area (Å²) in [5.41, 5.74) is -0.631. The average Bonchev–Trinajstić information content (AvgIpc) is 2.61. The van der Waals surface area contributed by atoms with Gasteiger partial charge in [-0.25, -0.2) is 0 Å². The van der Waals surface area contributed by atoms with Crippen molar-refractivity contribution in [1.82, 2.24) is 0 Å². The first-order chi connectivity index (χ1) is 12.8. The van der Waals surface area contributed by atoms with Gasteiger partial charge in [0.25, 0.3) is 0 Å². The number of hydrogen-bond donors (Lipinski definition) is 4. The van der Waals surface area contributed by atoms with E-state index >= 15 is 0 Å². The lowest BCUT2D eigenvalue weighted by Crippen LogP contribution is -2.23. The first-order valence-electron chi connectivity index (χ1n) is 7.87. The Kier molecular flexibility index (Phi) is 4.59. The van der Waals surface area contributed by atoms with Crippen molar-refractivity contribution in [2.24, 2.45) is 0 Å². The van der Waals surface area contributed by atoms with Crippen molar-refractivity contribution in [3.63, 3.8) is 0 Å². The van der Waals surface area contributed by atoms with Crippen LogP contribution in [0.3, 0.4) is 0 Å². The Hall–Kier alpha value is -3.75. The highest BCUT2D eigenvalue weighted by Crippen LogP contribution is 2.33. The molecule has 2 aromatic carbocycles. The maximum absolute atomic E-state index is 12.7. The van der Waals surface area contributed by atoms with Gasteiger partial charge in [0.2, 0.25) is 5.43 Å². The van der Waals surface area contributed by atoms with Gasteiger partial charge in [-0.15, -0.1) is 0 Å². The molecular weight excluding hydrogens is 358 g/mol. The highest BCUT2D eigenvalue weighted by Gasteiger charge is 2.14. The Balaban J connectivity index is 2.09. The molecular formula is C18H14NO8-. The first kappa shape index (κ1) is 18.1. The number of carbonyl (C=O) groups excluding carboxylic acids is 1. The SMILES string of the molecule is O=C[C@@H](CCC(=O)O)Nc1cc2c(=O)c3cc(O)c(O)cc3oc2cc1[O-]. The number of rotatable bonds is 6. The minimum absolute atomic E-state index is 0.000198. The van der Waals surface area contributed by atoms with Gasteiger partial charge in [0.05, 0.1) is 16.8 Å². The Morgan fingerprint density at radius 1 is 1.15 bits per heavy atom. The lowest BCUT2D eigenvalue weighted by molar-refractivity contribution is -0.267. The summed E-state index contributed by atoms with van der Waals surface area (Å²) < 4.78 is 5.46. The number of aromatic hydroxyl groups is 2. The molecule has 9 nitrogen and oxygen atoms in total. The van der Waals surface area contributed by atoms with E-state index in [9.17, 15) is 29.7 Å². The quantitative estimate of drug-likeness (QED) is 0.284. The minimum Gasteiger partial charge on any atom is -0.871 e. The molecule has 1 atom stereocenters. The molecule has 0 bridgehead atoms. The van der Waals surface area contributed by atoms with E-state index in [-0.39, 0.29) is 40.5 Å². The van der Waals surface area contributed by atoms with Gasteiger partial charge in [-0.05, 0) is 24.6 Å². The Labute approximate surface area is 151 Å². The van der Waals surface area contributed by atoms with Crippen LogP contribution in [0, 0.1) is 0 Å². The number of fused-ring (bicyclic) bond motifs is 2. The Morgan fingerprint density at radius 2 is 1.78 bits per heavy atom. The van der Waals surface area contributed by atoms with Crippen LogP contribution in [0.2, 0.25) is 0 Å². The summed E-state index contributed by atoms with van der Waals surface area (Å²) in [5, 5.41) is 42.7. The molecule has 0 radical (unpaired) electrons. The van der Waals surface area contributed by atoms with Gasteiger partial charge in [-0.2, -0.15) is 0 Å². The van der Waals surface area contributed by atoms with Crippen molar-refractivity contribution in [1.29, 1.82) is 0 Å². The summed E-state index contributed by atoms with van der Waals surface area (Å²) in [4.78, 5) is 34.4. The maximum atomic E-state index is 12.7. The zero-order chi connectivity index (χ0) is 19.7. The fourth-order valence-corrected chi connectivity index (χ4v) is 2.67. The van der Waals surface area contributed by atoms with E-state index in [1.807, 2.05) is 0 Å². The summed E-state index contributed by atoms with van der Waals surface area (Å²) in [5.74, 6) is -2.62. The van der Waals surface area contributed by atoms with Crippen molar-refractivity contribution >= 4 is 39.9 Å². The van der Waals surface area contributed by atoms with E-state index in [1.54, 1.807) is 0 Å². The van der Waals surface area contributed by atoms with Crippen molar-refractivity contribution in [3.05, 3.63) is 34.5 Å². The molecule has 1 heterocycles. The first-order valence-corrected chi connectivity index (χ1v) is 7.87. The van der Waals surface area contributed by atoms with Crippen LogP contribution in [-0.2, 0) is 9.59 Å². The van der Waals surface area contributed by atoms with Crippen LogP contribution in [-0.4, -0.2) is 33.6 Å². The van der Waals surface area contributed by atoms with E-state index in [4.69, 9.17) is 9.52 Å². The van der Waals surface area contributed by atoms with E-state index < -0.39 is 34.7 Å². The van der Waals surface area contributed by atoms with Gasteiger partial charge in [-0.3, -0.25) is 9.59 Å². The number of nitrogens with one attached hydrogen (secondary N) is 1. The highest BCUT2D eigenvalue weighted by molar-refractivity contribution is 5.94. The number of carboxylic acid groups (broad SMARTS) is 1. The third-order valence-electron chi connectivity index (χ3n) is 4.04. The maximum Gasteiger partial charge on any atom is 0.303 e. The predicted octanol–water partition coefficient (Wildman–Crippen LogP) is 1.28. The third-order valence-corrected chi connectivity index (χ3v) is 4.04. The fraction of sp³-hybridized carbons (Fsp3) is 0.167.